The number of ether oxygens (including phenoxy) is 1. The number of aromatic nitrogens is 4. The van der Waals surface area contributed by atoms with Crippen LogP contribution in [0.15, 0.2) is 6.07 Å². The highest BCUT2D eigenvalue weighted by Crippen LogP contribution is 2.35. The third kappa shape index (κ3) is 3.51. The van der Waals surface area contributed by atoms with Crippen LogP contribution in [-0.4, -0.2) is 33.3 Å². The minimum Gasteiger partial charge on any atom is -0.377 e. The van der Waals surface area contributed by atoms with Crippen molar-refractivity contribution < 1.29 is 4.74 Å². The molecule has 2 aromatic rings. The monoisotopic (exact) mass is 316 g/mol. The molecule has 23 heavy (non-hydrogen) atoms. The lowest BCUT2D eigenvalue weighted by molar-refractivity contribution is 0.177. The van der Waals surface area contributed by atoms with Crippen molar-refractivity contribution in [3.63, 3.8) is 0 Å². The number of anilines is 1. The van der Waals surface area contributed by atoms with E-state index in [1.54, 1.807) is 7.11 Å². The zero-order valence-electron chi connectivity index (χ0n) is 13.9. The summed E-state index contributed by atoms with van der Waals surface area (Å²) < 4.78 is 5.19. The Hall–Kier alpha value is -1.99. The summed E-state index contributed by atoms with van der Waals surface area (Å²) in [6.45, 7) is 5.11. The highest BCUT2D eigenvalue weighted by molar-refractivity contribution is 5.40. The minimum atomic E-state index is 0.300. The van der Waals surface area contributed by atoms with Gasteiger partial charge in [-0.3, -0.25) is 5.10 Å². The first-order valence-corrected chi connectivity index (χ1v) is 7.93. The lowest BCUT2D eigenvalue weighted by Crippen LogP contribution is -2.35. The van der Waals surface area contributed by atoms with Crippen molar-refractivity contribution in [1.29, 1.82) is 0 Å². The average molecular weight is 316 g/mol. The van der Waals surface area contributed by atoms with Gasteiger partial charge >= 0.3 is 0 Å². The Morgan fingerprint density at radius 3 is 2.74 bits per heavy atom. The third-order valence-electron chi connectivity index (χ3n) is 4.39. The predicted octanol–water partition coefficient (Wildman–Crippen LogP) is 1.78. The van der Waals surface area contributed by atoms with E-state index in [4.69, 9.17) is 10.5 Å². The third-order valence-corrected chi connectivity index (χ3v) is 4.39. The fourth-order valence-corrected chi connectivity index (χ4v) is 2.93. The van der Waals surface area contributed by atoms with Gasteiger partial charge in [0.05, 0.1) is 5.69 Å². The van der Waals surface area contributed by atoms with Crippen LogP contribution >= 0.6 is 0 Å². The van der Waals surface area contributed by atoms with E-state index < -0.39 is 0 Å². The zero-order valence-corrected chi connectivity index (χ0v) is 13.9. The highest BCUT2D eigenvalue weighted by atomic mass is 16.5. The number of methoxy groups -OCH3 is 1. The molecule has 0 unspecified atom stereocenters. The molecule has 4 N–H and O–H groups in total. The summed E-state index contributed by atoms with van der Waals surface area (Å²) in [4.78, 5) is 9.14. The first-order valence-electron chi connectivity index (χ1n) is 7.93. The number of hydrogen-bond acceptors (Lipinski definition) is 6. The van der Waals surface area contributed by atoms with Crippen LogP contribution in [0.2, 0.25) is 0 Å². The number of nitrogens with two attached hydrogens (primary N) is 1. The van der Waals surface area contributed by atoms with Crippen molar-refractivity contribution >= 4 is 5.82 Å². The van der Waals surface area contributed by atoms with Crippen molar-refractivity contribution in [2.75, 3.05) is 12.4 Å². The van der Waals surface area contributed by atoms with E-state index in [0.29, 0.717) is 30.9 Å². The maximum absolute atomic E-state index is 5.90. The van der Waals surface area contributed by atoms with Crippen molar-refractivity contribution in [2.24, 2.45) is 5.73 Å². The van der Waals surface area contributed by atoms with E-state index in [1.807, 2.05) is 19.9 Å². The Morgan fingerprint density at radius 1 is 1.35 bits per heavy atom. The van der Waals surface area contributed by atoms with Crippen LogP contribution in [0, 0.1) is 13.8 Å². The van der Waals surface area contributed by atoms with E-state index in [9.17, 15) is 0 Å². The Labute approximate surface area is 136 Å². The number of nitrogens with zero attached hydrogens (tertiary/aromatic N) is 3. The van der Waals surface area contributed by atoms with Gasteiger partial charge in [-0.15, -0.1) is 0 Å². The number of nitrogens with one attached hydrogen (secondary N) is 2. The van der Waals surface area contributed by atoms with Gasteiger partial charge in [-0.1, -0.05) is 0 Å². The summed E-state index contributed by atoms with van der Waals surface area (Å²) >= 11 is 0. The Bertz CT molecular complexity index is 658. The molecule has 1 fully saturated rings. The van der Waals surface area contributed by atoms with E-state index >= 15 is 0 Å². The van der Waals surface area contributed by atoms with Crippen molar-refractivity contribution in [3.05, 3.63) is 34.5 Å². The molecule has 0 aromatic carbocycles. The zero-order chi connectivity index (χ0) is 16.4. The van der Waals surface area contributed by atoms with Gasteiger partial charge in [0.15, 0.2) is 5.82 Å². The van der Waals surface area contributed by atoms with Gasteiger partial charge in [0, 0.05) is 48.6 Å². The molecular formula is C16H24N6O. The quantitative estimate of drug-likeness (QED) is 0.751. The standard InChI is InChI=1S/C16H24N6O/c1-9-13(10(2)22-21-9)7-18-15-6-14(11-4-12(17)5-11)19-16(20-15)8-23-3/h6,11-12H,4-5,7-8,17H2,1-3H3,(H,21,22)(H,18,19,20). The second kappa shape index (κ2) is 6.64. The molecule has 0 aliphatic heterocycles. The first-order chi connectivity index (χ1) is 11.1. The lowest BCUT2D eigenvalue weighted by Gasteiger charge is -2.32. The Morgan fingerprint density at radius 2 is 2.13 bits per heavy atom. The van der Waals surface area contributed by atoms with Gasteiger partial charge in [-0.05, 0) is 26.7 Å². The van der Waals surface area contributed by atoms with Crippen molar-refractivity contribution in [3.8, 4) is 0 Å². The predicted molar refractivity (Wildman–Crippen MR) is 88.1 cm³/mol. The smallest absolute Gasteiger partial charge is 0.156 e. The van der Waals surface area contributed by atoms with Crippen LogP contribution in [0.25, 0.3) is 0 Å². The molecule has 2 aromatic heterocycles. The number of H-pyrrole nitrogens is 1. The first kappa shape index (κ1) is 15.9. The number of hydrogen-bond donors (Lipinski definition) is 3. The van der Waals surface area contributed by atoms with Crippen LogP contribution < -0.4 is 11.1 Å². The molecule has 1 saturated carbocycles. The molecule has 124 valence electrons. The fraction of sp³-hybridized carbons (Fsp3) is 0.562. The van der Waals surface area contributed by atoms with Gasteiger partial charge in [0.2, 0.25) is 0 Å². The number of aromatic amines is 1. The van der Waals surface area contributed by atoms with Crippen LogP contribution in [0.5, 0.6) is 0 Å². The SMILES string of the molecule is COCc1nc(NCc2c(C)n[nH]c2C)cc(C2CC(N)C2)n1. The van der Waals surface area contributed by atoms with Crippen LogP contribution in [0.1, 0.15) is 47.2 Å². The molecule has 0 spiro atoms. The average Bonchev–Trinajstić information content (AvgIpc) is 2.81. The summed E-state index contributed by atoms with van der Waals surface area (Å²) in [7, 11) is 1.65. The Balaban J connectivity index is 1.77. The fourth-order valence-electron chi connectivity index (χ4n) is 2.93. The molecule has 0 amide bonds. The molecule has 2 heterocycles. The minimum absolute atomic E-state index is 0.300. The molecule has 3 rings (SSSR count). The van der Waals surface area contributed by atoms with Crippen LogP contribution in [0.3, 0.4) is 0 Å². The maximum Gasteiger partial charge on any atom is 0.156 e. The molecule has 0 bridgehead atoms. The largest absolute Gasteiger partial charge is 0.377 e. The molecule has 7 heteroatoms. The molecule has 0 atom stereocenters. The summed E-state index contributed by atoms with van der Waals surface area (Å²) in [5.41, 5.74) is 10.2. The summed E-state index contributed by atoms with van der Waals surface area (Å²) in [5, 5.41) is 10.6. The maximum atomic E-state index is 5.90. The molecule has 0 saturated heterocycles. The van der Waals surface area contributed by atoms with Gasteiger partial charge in [-0.2, -0.15) is 5.10 Å². The molecule has 1 aliphatic carbocycles. The summed E-state index contributed by atoms with van der Waals surface area (Å²) in [6.07, 6.45) is 1.98. The topological polar surface area (TPSA) is 102 Å². The van der Waals surface area contributed by atoms with Gasteiger partial charge < -0.3 is 15.8 Å². The van der Waals surface area contributed by atoms with Gasteiger partial charge in [0.25, 0.3) is 0 Å². The second-order valence-corrected chi connectivity index (χ2v) is 6.22. The van der Waals surface area contributed by atoms with Gasteiger partial charge in [0.1, 0.15) is 12.4 Å². The van der Waals surface area contributed by atoms with Crippen molar-refractivity contribution in [2.45, 2.75) is 51.8 Å². The number of aryl methyl sites for hydroxylation is 2. The van der Waals surface area contributed by atoms with Crippen molar-refractivity contribution in [1.82, 2.24) is 20.2 Å². The number of rotatable bonds is 6. The highest BCUT2D eigenvalue weighted by Gasteiger charge is 2.29. The van der Waals surface area contributed by atoms with E-state index in [2.05, 4.69) is 25.5 Å². The van der Waals surface area contributed by atoms with E-state index in [0.717, 1.165) is 35.7 Å². The molecule has 0 radical (unpaired) electrons. The molecule has 7 nitrogen and oxygen atoms in total. The van der Waals surface area contributed by atoms with E-state index in [-0.39, 0.29) is 0 Å². The normalized spacial score (nSPS) is 20.3. The van der Waals surface area contributed by atoms with Crippen LogP contribution in [-0.2, 0) is 17.9 Å². The Kier molecular flexibility index (Phi) is 4.58. The van der Waals surface area contributed by atoms with Crippen LogP contribution in [0.4, 0.5) is 5.82 Å². The molecule has 1 aliphatic rings. The van der Waals surface area contributed by atoms with Gasteiger partial charge in [-0.25, -0.2) is 9.97 Å². The lowest BCUT2D eigenvalue weighted by atomic mass is 9.78. The van der Waals surface area contributed by atoms with E-state index in [1.165, 1.54) is 5.56 Å². The summed E-state index contributed by atoms with van der Waals surface area (Å²) in [5.74, 6) is 1.96. The molecular weight excluding hydrogens is 292 g/mol. The summed E-state index contributed by atoms with van der Waals surface area (Å²) in [6, 6.07) is 2.33. The second-order valence-electron chi connectivity index (χ2n) is 6.22.